The van der Waals surface area contributed by atoms with Gasteiger partial charge in [0.05, 0.1) is 0 Å². The second-order valence-corrected chi connectivity index (χ2v) is 1.74. The van der Waals surface area contributed by atoms with Crippen molar-refractivity contribution in [3.63, 3.8) is 0 Å². The summed E-state index contributed by atoms with van der Waals surface area (Å²) in [5.74, 6) is 0. The van der Waals surface area contributed by atoms with Crippen molar-refractivity contribution in [1.82, 2.24) is 0 Å². The minimum atomic E-state index is 1.15. The Hall–Kier alpha value is -0.520. The molecule has 0 spiro atoms. The zero-order valence-electron chi connectivity index (χ0n) is 6.85. The Morgan fingerprint density at radius 3 is 1.67 bits per heavy atom. The van der Waals surface area contributed by atoms with Crippen LogP contribution in [0.2, 0.25) is 0 Å². The molecule has 0 fully saturated rings. The maximum absolute atomic E-state index is 3.55. The number of unbranched alkanes of at least 4 members (excludes halogenated alkanes) is 1. The van der Waals surface area contributed by atoms with Gasteiger partial charge in [0.15, 0.2) is 0 Å². The first kappa shape index (κ1) is 11.3. The third-order valence-electron chi connectivity index (χ3n) is 0.826. The van der Waals surface area contributed by atoms with Gasteiger partial charge in [0.2, 0.25) is 0 Å². The summed E-state index contributed by atoms with van der Waals surface area (Å²) in [6, 6.07) is 0. The molecule has 0 aliphatic carbocycles. The molecule has 9 heavy (non-hydrogen) atoms. The minimum absolute atomic E-state index is 1.15. The molecule has 0 rings (SSSR count). The van der Waals surface area contributed by atoms with Crippen molar-refractivity contribution in [2.24, 2.45) is 0 Å². The maximum atomic E-state index is 3.55. The van der Waals surface area contributed by atoms with E-state index in [-0.39, 0.29) is 0 Å². The van der Waals surface area contributed by atoms with Gasteiger partial charge in [-0.05, 0) is 20.3 Å². The van der Waals surface area contributed by atoms with Crippen molar-refractivity contribution in [3.8, 4) is 0 Å². The summed E-state index contributed by atoms with van der Waals surface area (Å²) in [4.78, 5) is 0. The Balaban J connectivity index is 0. The van der Waals surface area contributed by atoms with E-state index in [2.05, 4.69) is 13.5 Å². The average Bonchev–Trinajstić information content (AvgIpc) is 1.91. The predicted octanol–water partition coefficient (Wildman–Crippen LogP) is 3.55. The normalized spacial score (nSPS) is 8.33. The van der Waals surface area contributed by atoms with E-state index in [1.165, 1.54) is 6.42 Å². The quantitative estimate of drug-likeness (QED) is 0.496. The van der Waals surface area contributed by atoms with Crippen LogP contribution < -0.4 is 0 Å². The smallest absolute Gasteiger partial charge is 0.0356 e. The van der Waals surface area contributed by atoms with Gasteiger partial charge in [-0.3, -0.25) is 0 Å². The van der Waals surface area contributed by atoms with Crippen molar-refractivity contribution in [2.45, 2.75) is 33.6 Å². The lowest BCUT2D eigenvalue weighted by Crippen LogP contribution is -1.52. The maximum Gasteiger partial charge on any atom is -0.0356 e. The Morgan fingerprint density at radius 1 is 1.22 bits per heavy atom. The summed E-state index contributed by atoms with van der Waals surface area (Å²) in [5.41, 5.74) is 0. The lowest BCUT2D eigenvalue weighted by molar-refractivity contribution is 0.961. The van der Waals surface area contributed by atoms with Gasteiger partial charge in [-0.2, -0.15) is 0 Å². The van der Waals surface area contributed by atoms with Gasteiger partial charge >= 0.3 is 0 Å². The molecule has 0 saturated heterocycles. The molecule has 0 saturated carbocycles. The molecule has 0 aliphatic rings. The fourth-order valence-electron chi connectivity index (χ4n) is 0.204. The largest absolute Gasteiger partial charge is 0.103 e. The highest BCUT2D eigenvalue weighted by atomic mass is 13.7. The molecule has 0 N–H and O–H groups in total. The number of hydrogen-bond donors (Lipinski definition) is 0. The van der Waals surface area contributed by atoms with Gasteiger partial charge in [0, 0.05) is 0 Å². The van der Waals surface area contributed by atoms with E-state index in [9.17, 15) is 0 Å². The molecule has 0 bridgehead atoms. The molecule has 0 heterocycles. The van der Waals surface area contributed by atoms with E-state index >= 15 is 0 Å². The highest BCUT2D eigenvalue weighted by Gasteiger charge is 1.61. The molecular formula is C9H18. The molecule has 0 nitrogen and oxygen atoms in total. The van der Waals surface area contributed by atoms with Crippen molar-refractivity contribution in [1.29, 1.82) is 0 Å². The highest BCUT2D eigenvalue weighted by molar-refractivity contribution is 4.68. The summed E-state index contributed by atoms with van der Waals surface area (Å²) in [6.07, 6.45) is 8.31. The van der Waals surface area contributed by atoms with Gasteiger partial charge in [-0.15, -0.1) is 6.58 Å². The van der Waals surface area contributed by atoms with E-state index < -0.39 is 0 Å². The van der Waals surface area contributed by atoms with Crippen LogP contribution in [0.3, 0.4) is 0 Å². The zero-order chi connectivity index (χ0) is 7.54. The molecular weight excluding hydrogens is 108 g/mol. The fourth-order valence-corrected chi connectivity index (χ4v) is 0.204. The van der Waals surface area contributed by atoms with E-state index in [0.717, 1.165) is 6.42 Å². The monoisotopic (exact) mass is 126 g/mol. The molecule has 0 aromatic rings. The minimum Gasteiger partial charge on any atom is -0.103 e. The highest BCUT2D eigenvalue weighted by Crippen LogP contribution is 1.82. The summed E-state index contributed by atoms with van der Waals surface area (Å²) in [6.45, 7) is 9.69. The van der Waals surface area contributed by atoms with Crippen molar-refractivity contribution in [2.75, 3.05) is 0 Å². The van der Waals surface area contributed by atoms with Crippen LogP contribution in [0.5, 0.6) is 0 Å². The number of hydrogen-bond acceptors (Lipinski definition) is 0. The first-order valence-electron chi connectivity index (χ1n) is 3.51. The molecule has 0 radical (unpaired) electrons. The van der Waals surface area contributed by atoms with E-state index in [1.54, 1.807) is 0 Å². The number of allylic oxidation sites excluding steroid dienone is 3. The Bertz CT molecular complexity index is 56.4. The first-order chi connectivity index (χ1) is 4.33. The molecule has 0 amide bonds. The van der Waals surface area contributed by atoms with Crippen LogP contribution in [0, 0.1) is 0 Å². The van der Waals surface area contributed by atoms with E-state index in [4.69, 9.17) is 0 Å². The fraction of sp³-hybridized carbons (Fsp3) is 0.556. The summed E-state index contributed by atoms with van der Waals surface area (Å²) in [5, 5.41) is 0. The molecule has 54 valence electrons. The van der Waals surface area contributed by atoms with E-state index in [1.807, 2.05) is 32.1 Å². The molecule has 0 aromatic heterocycles. The molecule has 0 heteroatoms. The van der Waals surface area contributed by atoms with Gasteiger partial charge < -0.3 is 0 Å². The van der Waals surface area contributed by atoms with Crippen LogP contribution in [0.15, 0.2) is 24.8 Å². The van der Waals surface area contributed by atoms with Crippen molar-refractivity contribution in [3.05, 3.63) is 24.8 Å². The van der Waals surface area contributed by atoms with Crippen LogP contribution in [0.4, 0.5) is 0 Å². The lowest BCUT2D eigenvalue weighted by atomic mass is 10.3. The van der Waals surface area contributed by atoms with Crippen molar-refractivity contribution < 1.29 is 0 Å². The standard InChI is InChI=1S/C5H10.C4H8/c1-3-5-4-2;1-3-4-2/h3H,1,4-5H2,2H3;3-4H,1-2H3/b;4-3+. The van der Waals surface area contributed by atoms with Crippen LogP contribution in [-0.2, 0) is 0 Å². The van der Waals surface area contributed by atoms with Crippen LogP contribution in [0.1, 0.15) is 33.6 Å². The topological polar surface area (TPSA) is 0 Å². The SMILES string of the molecule is C/C=C/C.C=CCCC. The first-order valence-corrected chi connectivity index (χ1v) is 3.51. The third-order valence-corrected chi connectivity index (χ3v) is 0.826. The molecule has 0 atom stereocenters. The van der Waals surface area contributed by atoms with Crippen LogP contribution >= 0.6 is 0 Å². The summed E-state index contributed by atoms with van der Waals surface area (Å²) >= 11 is 0. The lowest BCUT2D eigenvalue weighted by Gasteiger charge is -1.72. The Kier molecular flexibility index (Phi) is 19.6. The van der Waals surface area contributed by atoms with Gasteiger partial charge in [-0.1, -0.05) is 31.6 Å². The molecule has 0 aliphatic heterocycles. The molecule has 0 aromatic carbocycles. The Labute approximate surface area is 59.3 Å². The van der Waals surface area contributed by atoms with E-state index in [0.29, 0.717) is 0 Å². The van der Waals surface area contributed by atoms with Gasteiger partial charge in [0.1, 0.15) is 0 Å². The number of rotatable bonds is 2. The van der Waals surface area contributed by atoms with Crippen LogP contribution in [-0.4, -0.2) is 0 Å². The average molecular weight is 126 g/mol. The third kappa shape index (κ3) is 36.5. The predicted molar refractivity (Wildman–Crippen MR) is 45.6 cm³/mol. The molecule has 0 unspecified atom stereocenters. The van der Waals surface area contributed by atoms with Crippen molar-refractivity contribution >= 4 is 0 Å². The van der Waals surface area contributed by atoms with Gasteiger partial charge in [-0.25, -0.2) is 0 Å². The summed E-state index contributed by atoms with van der Waals surface area (Å²) in [7, 11) is 0. The zero-order valence-corrected chi connectivity index (χ0v) is 6.85. The second kappa shape index (κ2) is 15.6. The van der Waals surface area contributed by atoms with Gasteiger partial charge in [0.25, 0.3) is 0 Å². The van der Waals surface area contributed by atoms with Crippen LogP contribution in [0.25, 0.3) is 0 Å². The Morgan fingerprint density at radius 2 is 1.67 bits per heavy atom. The second-order valence-electron chi connectivity index (χ2n) is 1.74. The summed E-state index contributed by atoms with van der Waals surface area (Å²) < 4.78 is 0.